The van der Waals surface area contributed by atoms with E-state index in [2.05, 4.69) is 17.0 Å². The minimum absolute atomic E-state index is 0.302. The van der Waals surface area contributed by atoms with Crippen molar-refractivity contribution < 1.29 is 9.53 Å². The molecule has 0 spiro atoms. The maximum absolute atomic E-state index is 11.2. The van der Waals surface area contributed by atoms with Gasteiger partial charge in [0.1, 0.15) is 6.04 Å². The number of benzene rings is 1. The fourth-order valence-electron chi connectivity index (χ4n) is 1.13. The van der Waals surface area contributed by atoms with Gasteiger partial charge in [-0.3, -0.25) is 0 Å². The highest BCUT2D eigenvalue weighted by Crippen LogP contribution is 2.02. The number of carbonyl (C=O) groups is 1. The zero-order valence-electron chi connectivity index (χ0n) is 8.05. The molecule has 0 heterocycles. The summed E-state index contributed by atoms with van der Waals surface area (Å²) < 4.78 is 4.53. The Bertz CT molecular complexity index is 354. The molecule has 1 aromatic rings. The molecule has 0 unspecified atom stereocenters. The van der Waals surface area contributed by atoms with Crippen LogP contribution in [-0.4, -0.2) is 17.2 Å². The quantitative estimate of drug-likeness (QED) is 0.572. The van der Waals surface area contributed by atoms with Gasteiger partial charge in [0.05, 0.1) is 0 Å². The first-order valence-electron chi connectivity index (χ1n) is 4.40. The number of carbonyl (C=O) groups excluding carboxylic acids is 1. The Morgan fingerprint density at radius 1 is 1.40 bits per heavy atom. The summed E-state index contributed by atoms with van der Waals surface area (Å²) in [6, 6.07) is 8.67. The Hall–Kier alpha value is -1.46. The summed E-state index contributed by atoms with van der Waals surface area (Å²) in [5, 5.41) is -0.302. The molecule has 15 heavy (non-hydrogen) atoms. The predicted octanol–water partition coefficient (Wildman–Crippen LogP) is 0.343. The standard InChI is InChI=1S/C10H12N2O2S/c11-8(9(13)14-10(12)15)6-7-4-2-1-3-5-7/h1-5,8H,6,11H2,(H2,12,15)/t8-/m0/s1. The van der Waals surface area contributed by atoms with E-state index in [1.165, 1.54) is 0 Å². The van der Waals surface area contributed by atoms with Crippen molar-refractivity contribution in [2.24, 2.45) is 11.5 Å². The fraction of sp³-hybridized carbons (Fsp3) is 0.200. The Balaban J connectivity index is 2.52. The van der Waals surface area contributed by atoms with Crippen LogP contribution in [0.5, 0.6) is 0 Å². The van der Waals surface area contributed by atoms with E-state index in [9.17, 15) is 4.79 Å². The minimum atomic E-state index is -0.742. The van der Waals surface area contributed by atoms with Crippen molar-refractivity contribution in [2.75, 3.05) is 0 Å². The Kier molecular flexibility index (Phi) is 4.20. The lowest BCUT2D eigenvalue weighted by Crippen LogP contribution is -2.36. The van der Waals surface area contributed by atoms with Crippen LogP contribution in [0.2, 0.25) is 0 Å². The van der Waals surface area contributed by atoms with Gasteiger partial charge in [0, 0.05) is 0 Å². The molecule has 0 aliphatic rings. The summed E-state index contributed by atoms with van der Waals surface area (Å²) in [7, 11) is 0. The third kappa shape index (κ3) is 4.05. The van der Waals surface area contributed by atoms with E-state index in [-0.39, 0.29) is 5.17 Å². The molecule has 4 nitrogen and oxygen atoms in total. The van der Waals surface area contributed by atoms with Gasteiger partial charge in [-0.15, -0.1) is 0 Å². The first kappa shape index (κ1) is 11.6. The van der Waals surface area contributed by atoms with Crippen molar-refractivity contribution in [3.05, 3.63) is 35.9 Å². The molecule has 5 heteroatoms. The third-order valence-corrected chi connectivity index (χ3v) is 1.89. The number of hydrogen-bond donors (Lipinski definition) is 2. The molecule has 0 saturated carbocycles. The zero-order valence-corrected chi connectivity index (χ0v) is 8.87. The van der Waals surface area contributed by atoms with Gasteiger partial charge < -0.3 is 16.2 Å². The SMILES string of the molecule is NC(=S)OC(=O)[C@@H](N)Cc1ccccc1. The van der Waals surface area contributed by atoms with Crippen LogP contribution in [0.15, 0.2) is 30.3 Å². The lowest BCUT2D eigenvalue weighted by atomic mass is 10.1. The topological polar surface area (TPSA) is 78.3 Å². The normalized spacial score (nSPS) is 11.8. The smallest absolute Gasteiger partial charge is 0.330 e. The fourth-order valence-corrected chi connectivity index (χ4v) is 1.21. The molecule has 1 atom stereocenters. The highest BCUT2D eigenvalue weighted by atomic mass is 32.1. The molecule has 0 aromatic heterocycles. The van der Waals surface area contributed by atoms with Gasteiger partial charge in [-0.1, -0.05) is 30.3 Å². The highest BCUT2D eigenvalue weighted by molar-refractivity contribution is 7.80. The van der Waals surface area contributed by atoms with Crippen LogP contribution < -0.4 is 11.5 Å². The van der Waals surface area contributed by atoms with Gasteiger partial charge in [-0.05, 0) is 24.2 Å². The van der Waals surface area contributed by atoms with Gasteiger partial charge in [0.25, 0.3) is 5.17 Å². The molecular weight excluding hydrogens is 212 g/mol. The van der Waals surface area contributed by atoms with E-state index in [4.69, 9.17) is 11.5 Å². The molecule has 80 valence electrons. The highest BCUT2D eigenvalue weighted by Gasteiger charge is 2.16. The molecule has 0 fully saturated rings. The number of ether oxygens (including phenoxy) is 1. The number of hydrogen-bond acceptors (Lipinski definition) is 4. The Labute approximate surface area is 93.2 Å². The van der Waals surface area contributed by atoms with E-state index >= 15 is 0 Å². The summed E-state index contributed by atoms with van der Waals surface area (Å²) in [6.45, 7) is 0. The summed E-state index contributed by atoms with van der Waals surface area (Å²) in [5.41, 5.74) is 11.6. The van der Waals surface area contributed by atoms with Crippen molar-refractivity contribution in [1.29, 1.82) is 0 Å². The zero-order chi connectivity index (χ0) is 11.3. The van der Waals surface area contributed by atoms with Gasteiger partial charge >= 0.3 is 5.97 Å². The second kappa shape index (κ2) is 5.43. The number of thiocarbonyl (C=S) groups is 1. The molecule has 0 bridgehead atoms. The Morgan fingerprint density at radius 2 is 2.00 bits per heavy atom. The van der Waals surface area contributed by atoms with Crippen molar-refractivity contribution in [1.82, 2.24) is 0 Å². The van der Waals surface area contributed by atoms with Gasteiger partial charge in [0.15, 0.2) is 0 Å². The largest absolute Gasteiger partial charge is 0.398 e. The van der Waals surface area contributed by atoms with Crippen molar-refractivity contribution >= 4 is 23.4 Å². The lowest BCUT2D eigenvalue weighted by Gasteiger charge is -2.09. The van der Waals surface area contributed by atoms with E-state index in [0.29, 0.717) is 6.42 Å². The molecule has 0 aliphatic heterocycles. The van der Waals surface area contributed by atoms with E-state index in [1.807, 2.05) is 30.3 Å². The van der Waals surface area contributed by atoms with Crippen LogP contribution >= 0.6 is 12.2 Å². The van der Waals surface area contributed by atoms with Gasteiger partial charge in [-0.25, -0.2) is 4.79 Å². The molecule has 4 N–H and O–H groups in total. The predicted molar refractivity (Wildman–Crippen MR) is 61.0 cm³/mol. The first-order valence-corrected chi connectivity index (χ1v) is 4.81. The summed E-state index contributed by atoms with van der Waals surface area (Å²) in [4.78, 5) is 11.2. The molecular formula is C10H12N2O2S. The molecule has 0 saturated heterocycles. The monoisotopic (exact) mass is 224 g/mol. The van der Waals surface area contributed by atoms with E-state index < -0.39 is 12.0 Å². The third-order valence-electron chi connectivity index (χ3n) is 1.80. The average molecular weight is 224 g/mol. The molecule has 0 amide bonds. The maximum Gasteiger partial charge on any atom is 0.330 e. The van der Waals surface area contributed by atoms with Gasteiger partial charge in [-0.2, -0.15) is 0 Å². The van der Waals surface area contributed by atoms with Crippen molar-refractivity contribution in [2.45, 2.75) is 12.5 Å². The second-order valence-electron chi connectivity index (χ2n) is 3.04. The van der Waals surface area contributed by atoms with E-state index in [1.54, 1.807) is 0 Å². The molecule has 1 aromatic carbocycles. The molecule has 0 aliphatic carbocycles. The van der Waals surface area contributed by atoms with Crippen LogP contribution in [0.3, 0.4) is 0 Å². The lowest BCUT2D eigenvalue weighted by molar-refractivity contribution is -0.136. The van der Waals surface area contributed by atoms with Crippen LogP contribution in [0, 0.1) is 0 Å². The average Bonchev–Trinajstić information content (AvgIpc) is 2.18. The summed E-state index contributed by atoms with van der Waals surface area (Å²) in [5.74, 6) is -0.605. The second-order valence-corrected chi connectivity index (χ2v) is 3.44. The van der Waals surface area contributed by atoms with Crippen LogP contribution in [-0.2, 0) is 16.0 Å². The van der Waals surface area contributed by atoms with Crippen molar-refractivity contribution in [3.8, 4) is 0 Å². The Morgan fingerprint density at radius 3 is 2.53 bits per heavy atom. The number of esters is 1. The molecule has 1 rings (SSSR count). The van der Waals surface area contributed by atoms with E-state index in [0.717, 1.165) is 5.56 Å². The van der Waals surface area contributed by atoms with Crippen molar-refractivity contribution in [3.63, 3.8) is 0 Å². The summed E-state index contributed by atoms with van der Waals surface area (Å²) in [6.07, 6.45) is 0.405. The summed E-state index contributed by atoms with van der Waals surface area (Å²) >= 11 is 4.43. The minimum Gasteiger partial charge on any atom is -0.398 e. The number of rotatable bonds is 3. The maximum atomic E-state index is 11.2. The molecule has 0 radical (unpaired) electrons. The van der Waals surface area contributed by atoms with Crippen LogP contribution in [0.1, 0.15) is 5.56 Å². The first-order chi connectivity index (χ1) is 7.09. The van der Waals surface area contributed by atoms with Crippen LogP contribution in [0.4, 0.5) is 0 Å². The van der Waals surface area contributed by atoms with Gasteiger partial charge in [0.2, 0.25) is 0 Å². The van der Waals surface area contributed by atoms with Crippen LogP contribution in [0.25, 0.3) is 0 Å². The number of nitrogens with two attached hydrogens (primary N) is 2.